The summed E-state index contributed by atoms with van der Waals surface area (Å²) in [4.78, 5) is 13.3. The number of hydrogen-bond acceptors (Lipinski definition) is 10. The highest BCUT2D eigenvalue weighted by Crippen LogP contribution is 2.29. The van der Waals surface area contributed by atoms with Crippen LogP contribution in [-0.2, 0) is 6.61 Å². The molecule has 0 aliphatic heterocycles. The number of nitrogens with two attached hydrogens (primary N) is 1. The molecule has 0 saturated carbocycles. The van der Waals surface area contributed by atoms with Gasteiger partial charge in [-0.15, -0.1) is 5.10 Å². The van der Waals surface area contributed by atoms with Gasteiger partial charge in [-0.05, 0) is 58.7 Å². The molecule has 3 aromatic carbocycles. The van der Waals surface area contributed by atoms with Crippen LogP contribution in [0.5, 0.6) is 11.5 Å². The number of anilines is 1. The van der Waals surface area contributed by atoms with E-state index in [0.717, 1.165) is 10.2 Å². The van der Waals surface area contributed by atoms with Crippen LogP contribution in [0.1, 0.15) is 28.5 Å². The second kappa shape index (κ2) is 11.9. The number of benzene rings is 3. The minimum absolute atomic E-state index is 0.0152. The number of carbonyl (C=O) groups is 1. The summed E-state index contributed by atoms with van der Waals surface area (Å²) in [5, 5.41) is 19.5. The molecule has 0 spiro atoms. The molecule has 2 aromatic heterocycles. The lowest BCUT2D eigenvalue weighted by molar-refractivity contribution is 0.0947. The third-order valence-corrected chi connectivity index (χ3v) is 5.58. The fourth-order valence-electron chi connectivity index (χ4n) is 3.71. The highest BCUT2D eigenvalue weighted by molar-refractivity contribution is 5.99. The fourth-order valence-corrected chi connectivity index (χ4v) is 3.71. The normalized spacial score (nSPS) is 11.1. The first kappa shape index (κ1) is 26.0. The molecule has 0 unspecified atom stereocenters. The van der Waals surface area contributed by atoms with E-state index in [9.17, 15) is 9.18 Å². The highest BCUT2D eigenvalue weighted by atomic mass is 19.1. The predicted molar refractivity (Wildman–Crippen MR) is 142 cm³/mol. The number of amides is 1. The number of hydrogen-bond donors (Lipinski definition) is 2. The van der Waals surface area contributed by atoms with Crippen molar-refractivity contribution in [2.75, 3.05) is 12.3 Å². The average molecular weight is 543 g/mol. The molecule has 40 heavy (non-hydrogen) atoms. The van der Waals surface area contributed by atoms with Gasteiger partial charge in [-0.2, -0.15) is 9.78 Å². The minimum atomic E-state index is -0.619. The van der Waals surface area contributed by atoms with Gasteiger partial charge < -0.3 is 15.2 Å². The topological polar surface area (TPSA) is 156 Å². The molecule has 3 N–H and O–H groups in total. The van der Waals surface area contributed by atoms with Gasteiger partial charge in [0.25, 0.3) is 5.91 Å². The number of aromatic nitrogens is 5. The van der Waals surface area contributed by atoms with Crippen molar-refractivity contribution in [3.05, 3.63) is 95.4 Å². The molecule has 12 nitrogen and oxygen atoms in total. The number of halogens is 1. The number of carbonyl (C=O) groups excluding carboxylic acids is 1. The summed E-state index contributed by atoms with van der Waals surface area (Å²) >= 11 is 0. The van der Waals surface area contributed by atoms with Crippen molar-refractivity contribution in [1.82, 2.24) is 30.7 Å². The monoisotopic (exact) mass is 542 g/mol. The lowest BCUT2D eigenvalue weighted by atomic mass is 10.1. The standard InChI is InChI=1S/C27H23FN8O4/c1-2-38-22-14-18(10-13-21(22)39-16-17-8-11-20(28)12-9-17)15-30-32-27(37)24-23(19-6-4-3-5-7-19)31-35-36(24)26-25(29)33-40-34-26/h3-15H,2,16H2,1H3,(H2,29,33)(H,32,37)/b30-15-. The van der Waals surface area contributed by atoms with Gasteiger partial charge in [0.1, 0.15) is 18.1 Å². The van der Waals surface area contributed by atoms with Crippen LogP contribution < -0.4 is 20.6 Å². The summed E-state index contributed by atoms with van der Waals surface area (Å²) < 4.78 is 30.6. The molecular formula is C27H23FN8O4. The van der Waals surface area contributed by atoms with Crippen LogP contribution in [0.15, 0.2) is 82.5 Å². The Morgan fingerprint density at radius 3 is 2.60 bits per heavy atom. The Bertz CT molecular complexity index is 1630. The first-order chi connectivity index (χ1) is 19.5. The van der Waals surface area contributed by atoms with E-state index < -0.39 is 5.91 Å². The van der Waals surface area contributed by atoms with Gasteiger partial charge in [0, 0.05) is 5.56 Å². The zero-order chi connectivity index (χ0) is 27.9. The lowest BCUT2D eigenvalue weighted by Crippen LogP contribution is -2.22. The maximum atomic E-state index is 13.3. The van der Waals surface area contributed by atoms with E-state index in [4.69, 9.17) is 15.2 Å². The number of hydrazone groups is 1. The molecule has 0 aliphatic rings. The summed E-state index contributed by atoms with van der Waals surface area (Å²) in [5.41, 5.74) is 10.7. The van der Waals surface area contributed by atoms with Crippen molar-refractivity contribution in [2.45, 2.75) is 13.5 Å². The van der Waals surface area contributed by atoms with Gasteiger partial charge in [-0.25, -0.2) is 14.4 Å². The molecule has 0 radical (unpaired) electrons. The van der Waals surface area contributed by atoms with E-state index in [-0.39, 0.29) is 35.4 Å². The van der Waals surface area contributed by atoms with Crippen molar-refractivity contribution in [3.63, 3.8) is 0 Å². The zero-order valence-corrected chi connectivity index (χ0v) is 21.2. The molecule has 0 atom stereocenters. The van der Waals surface area contributed by atoms with E-state index in [1.807, 2.05) is 25.1 Å². The molecular weight excluding hydrogens is 519 g/mol. The van der Waals surface area contributed by atoms with Crippen molar-refractivity contribution in [2.24, 2.45) is 5.10 Å². The van der Waals surface area contributed by atoms with Gasteiger partial charge in [-0.1, -0.05) is 47.7 Å². The second-order valence-corrected chi connectivity index (χ2v) is 8.29. The van der Waals surface area contributed by atoms with Gasteiger partial charge >= 0.3 is 0 Å². The van der Waals surface area contributed by atoms with E-state index in [1.165, 1.54) is 18.3 Å². The van der Waals surface area contributed by atoms with Crippen LogP contribution in [0, 0.1) is 5.82 Å². The number of rotatable bonds is 10. The molecule has 13 heteroatoms. The summed E-state index contributed by atoms with van der Waals surface area (Å²) in [6, 6.07) is 20.3. The third-order valence-electron chi connectivity index (χ3n) is 5.58. The Hall–Kier alpha value is -5.59. The number of ether oxygens (including phenoxy) is 2. The first-order valence-corrected chi connectivity index (χ1v) is 12.1. The van der Waals surface area contributed by atoms with Crippen LogP contribution >= 0.6 is 0 Å². The van der Waals surface area contributed by atoms with Crippen LogP contribution in [0.3, 0.4) is 0 Å². The lowest BCUT2D eigenvalue weighted by Gasteiger charge is -2.12. The van der Waals surface area contributed by atoms with E-state index in [1.54, 1.807) is 42.5 Å². The smallest absolute Gasteiger partial charge is 0.292 e. The van der Waals surface area contributed by atoms with Gasteiger partial charge in [0.15, 0.2) is 17.2 Å². The molecule has 0 bridgehead atoms. The van der Waals surface area contributed by atoms with Crippen LogP contribution in [0.2, 0.25) is 0 Å². The van der Waals surface area contributed by atoms with Crippen molar-refractivity contribution in [1.29, 1.82) is 0 Å². The number of nitrogens with one attached hydrogen (secondary N) is 1. The van der Waals surface area contributed by atoms with Crippen LogP contribution in [0.25, 0.3) is 17.1 Å². The van der Waals surface area contributed by atoms with Crippen molar-refractivity contribution < 1.29 is 23.3 Å². The highest BCUT2D eigenvalue weighted by Gasteiger charge is 2.25. The molecule has 1 amide bonds. The van der Waals surface area contributed by atoms with Gasteiger partial charge in [-0.3, -0.25) is 4.79 Å². The Balaban J connectivity index is 1.35. The second-order valence-electron chi connectivity index (χ2n) is 8.29. The quantitative estimate of drug-likeness (QED) is 0.198. The molecule has 202 valence electrons. The molecule has 0 saturated heterocycles. The Labute approximate surface area is 227 Å². The summed E-state index contributed by atoms with van der Waals surface area (Å²) in [5.74, 6) is 0.0161. The van der Waals surface area contributed by atoms with Crippen LogP contribution in [0.4, 0.5) is 10.2 Å². The molecule has 5 rings (SSSR count). The van der Waals surface area contributed by atoms with Crippen molar-refractivity contribution >= 4 is 17.9 Å². The van der Waals surface area contributed by atoms with Gasteiger partial charge in [0.2, 0.25) is 11.6 Å². The SMILES string of the molecule is CCOc1cc(/C=N\NC(=O)c2c(-c3ccccc3)nnn2-c2nonc2N)ccc1OCc1ccc(F)cc1. The fraction of sp³-hybridized carbons (Fsp3) is 0.111. The maximum Gasteiger partial charge on any atom is 0.292 e. The van der Waals surface area contributed by atoms with E-state index in [0.29, 0.717) is 29.2 Å². The third kappa shape index (κ3) is 5.78. The molecule has 2 heterocycles. The Kier molecular flexibility index (Phi) is 7.72. The number of nitrogen functional groups attached to an aromatic ring is 1. The summed E-state index contributed by atoms with van der Waals surface area (Å²) in [6.45, 7) is 2.49. The molecule has 5 aromatic rings. The maximum absolute atomic E-state index is 13.3. The van der Waals surface area contributed by atoms with Crippen LogP contribution in [-0.4, -0.2) is 44.0 Å². The summed E-state index contributed by atoms with van der Waals surface area (Å²) in [7, 11) is 0. The van der Waals surface area contributed by atoms with Crippen molar-refractivity contribution in [3.8, 4) is 28.6 Å². The average Bonchev–Trinajstić information content (AvgIpc) is 3.60. The predicted octanol–water partition coefficient (Wildman–Crippen LogP) is 3.78. The largest absolute Gasteiger partial charge is 0.490 e. The van der Waals surface area contributed by atoms with E-state index in [2.05, 4.69) is 35.8 Å². The Morgan fingerprint density at radius 2 is 1.88 bits per heavy atom. The van der Waals surface area contributed by atoms with Gasteiger partial charge in [0.05, 0.1) is 12.8 Å². The molecule has 0 aliphatic carbocycles. The Morgan fingerprint density at radius 1 is 1.07 bits per heavy atom. The summed E-state index contributed by atoms with van der Waals surface area (Å²) in [6.07, 6.45) is 1.45. The van der Waals surface area contributed by atoms with E-state index >= 15 is 0 Å². The minimum Gasteiger partial charge on any atom is -0.490 e. The zero-order valence-electron chi connectivity index (χ0n) is 21.2. The molecule has 0 fully saturated rings. The first-order valence-electron chi connectivity index (χ1n) is 12.1. The number of nitrogens with zero attached hydrogens (tertiary/aromatic N) is 6.